The summed E-state index contributed by atoms with van der Waals surface area (Å²) in [5.41, 5.74) is 2.22. The van der Waals surface area contributed by atoms with Crippen molar-refractivity contribution in [2.24, 2.45) is 0 Å². The number of benzene rings is 1. The molecule has 0 spiro atoms. The first kappa shape index (κ1) is 24.9. The van der Waals surface area contributed by atoms with Gasteiger partial charge in [0.25, 0.3) is 0 Å². The number of fused-ring (bicyclic) bond motifs is 1. The second-order valence-corrected chi connectivity index (χ2v) is 12.8. The largest absolute Gasteiger partial charge is 0.493 e. The van der Waals surface area contributed by atoms with E-state index in [9.17, 15) is 14.7 Å². The minimum absolute atomic E-state index is 0.148. The van der Waals surface area contributed by atoms with E-state index in [0.29, 0.717) is 11.7 Å². The first-order valence-electron chi connectivity index (χ1n) is 11.9. The van der Waals surface area contributed by atoms with Gasteiger partial charge in [0.05, 0.1) is 17.0 Å². The summed E-state index contributed by atoms with van der Waals surface area (Å²) in [6.45, 7) is 6.86. The van der Waals surface area contributed by atoms with Gasteiger partial charge in [-0.2, -0.15) is 0 Å². The lowest BCUT2D eigenvalue weighted by Gasteiger charge is -2.44. The molecule has 1 aromatic carbocycles. The Bertz CT molecular complexity index is 1050. The van der Waals surface area contributed by atoms with Gasteiger partial charge >= 0.3 is 12.0 Å². The summed E-state index contributed by atoms with van der Waals surface area (Å²) < 4.78 is 5.52. The van der Waals surface area contributed by atoms with Crippen molar-refractivity contribution >= 4 is 40.2 Å². The first-order valence-corrected chi connectivity index (χ1v) is 13.5. The molecule has 1 aliphatic carbocycles. The number of anilines is 1. The van der Waals surface area contributed by atoms with Gasteiger partial charge < -0.3 is 14.7 Å². The monoisotopic (exact) mass is 503 g/mol. The number of ether oxygens (including phenoxy) is 1. The SMILES string of the molecule is CC(C)(Sc1cnc(NC(=O)N(CCc2ccc3c(c2)OCC3)C2(C)CCCCC2)s1)C(=O)O. The lowest BCUT2D eigenvalue weighted by Crippen LogP contribution is -2.53. The van der Waals surface area contributed by atoms with Crippen LogP contribution in [0.5, 0.6) is 5.75 Å². The second kappa shape index (κ2) is 10.2. The van der Waals surface area contributed by atoms with Crippen LogP contribution in [0.15, 0.2) is 28.6 Å². The smallest absolute Gasteiger partial charge is 0.324 e. The Kier molecular flexibility index (Phi) is 7.42. The van der Waals surface area contributed by atoms with Gasteiger partial charge in [-0.05, 0) is 57.2 Å². The number of rotatable bonds is 8. The van der Waals surface area contributed by atoms with Crippen molar-refractivity contribution in [3.63, 3.8) is 0 Å². The first-order chi connectivity index (χ1) is 16.2. The molecule has 9 heteroatoms. The molecule has 0 unspecified atom stereocenters. The Morgan fingerprint density at radius 3 is 2.79 bits per heavy atom. The molecule has 1 aromatic heterocycles. The molecule has 2 aromatic rings. The summed E-state index contributed by atoms with van der Waals surface area (Å²) in [5, 5.41) is 12.9. The Hall–Kier alpha value is -2.26. The number of nitrogens with zero attached hydrogens (tertiary/aromatic N) is 2. The maximum Gasteiger partial charge on any atom is 0.324 e. The molecule has 1 fully saturated rings. The van der Waals surface area contributed by atoms with Crippen LogP contribution in [0.1, 0.15) is 64.0 Å². The Morgan fingerprint density at radius 1 is 1.29 bits per heavy atom. The van der Waals surface area contributed by atoms with Crippen LogP contribution in [-0.2, 0) is 17.6 Å². The van der Waals surface area contributed by atoms with E-state index in [1.807, 2.05) is 4.90 Å². The molecule has 7 nitrogen and oxygen atoms in total. The Labute approximate surface area is 209 Å². The molecule has 0 radical (unpaired) electrons. The Morgan fingerprint density at radius 2 is 2.06 bits per heavy atom. The summed E-state index contributed by atoms with van der Waals surface area (Å²) in [4.78, 5) is 31.2. The predicted molar refractivity (Wildman–Crippen MR) is 136 cm³/mol. The minimum atomic E-state index is -0.963. The van der Waals surface area contributed by atoms with Gasteiger partial charge in [0.15, 0.2) is 5.13 Å². The minimum Gasteiger partial charge on any atom is -0.493 e. The zero-order valence-electron chi connectivity index (χ0n) is 20.1. The molecule has 1 saturated carbocycles. The van der Waals surface area contributed by atoms with Gasteiger partial charge in [0.2, 0.25) is 0 Å². The Balaban J connectivity index is 1.46. The zero-order chi connectivity index (χ0) is 24.3. The van der Waals surface area contributed by atoms with Gasteiger partial charge in [-0.1, -0.05) is 54.5 Å². The van der Waals surface area contributed by atoms with Crippen LogP contribution in [0.3, 0.4) is 0 Å². The second-order valence-electron chi connectivity index (χ2n) is 9.83. The summed E-state index contributed by atoms with van der Waals surface area (Å²) in [6.07, 6.45) is 8.77. The molecule has 2 aliphatic rings. The average molecular weight is 504 g/mol. The molecule has 2 heterocycles. The maximum absolute atomic E-state index is 13.5. The van der Waals surface area contributed by atoms with E-state index in [0.717, 1.165) is 55.1 Å². The number of urea groups is 1. The van der Waals surface area contributed by atoms with Crippen molar-refractivity contribution in [1.29, 1.82) is 0 Å². The van der Waals surface area contributed by atoms with E-state index in [4.69, 9.17) is 4.74 Å². The van der Waals surface area contributed by atoms with Gasteiger partial charge in [-0.25, -0.2) is 9.78 Å². The molecule has 0 bridgehead atoms. The molecular weight excluding hydrogens is 470 g/mol. The van der Waals surface area contributed by atoms with Gasteiger partial charge in [0, 0.05) is 18.5 Å². The van der Waals surface area contributed by atoms with E-state index >= 15 is 0 Å². The predicted octanol–water partition coefficient (Wildman–Crippen LogP) is 5.83. The number of hydrogen-bond donors (Lipinski definition) is 2. The third-order valence-electron chi connectivity index (χ3n) is 6.78. The summed E-state index contributed by atoms with van der Waals surface area (Å²) in [5.74, 6) is 0.0827. The van der Waals surface area contributed by atoms with E-state index in [1.165, 1.54) is 40.6 Å². The lowest BCUT2D eigenvalue weighted by atomic mass is 9.82. The summed E-state index contributed by atoms with van der Waals surface area (Å²) in [7, 11) is 0. The number of carbonyl (C=O) groups excluding carboxylic acids is 1. The highest BCUT2D eigenvalue weighted by atomic mass is 32.2. The molecule has 2 amide bonds. The van der Waals surface area contributed by atoms with Crippen LogP contribution in [0.2, 0.25) is 0 Å². The lowest BCUT2D eigenvalue weighted by molar-refractivity contribution is -0.138. The third kappa shape index (κ3) is 5.68. The fourth-order valence-electron chi connectivity index (χ4n) is 4.63. The van der Waals surface area contributed by atoms with Crippen LogP contribution in [0.25, 0.3) is 0 Å². The van der Waals surface area contributed by atoms with Gasteiger partial charge in [-0.3, -0.25) is 10.1 Å². The van der Waals surface area contributed by atoms with Crippen LogP contribution in [0.4, 0.5) is 9.93 Å². The van der Waals surface area contributed by atoms with Crippen LogP contribution in [0, 0.1) is 0 Å². The average Bonchev–Trinajstić information content (AvgIpc) is 3.42. The summed E-state index contributed by atoms with van der Waals surface area (Å²) >= 11 is 2.54. The fraction of sp³-hybridized carbons (Fsp3) is 0.560. The maximum atomic E-state index is 13.5. The number of carboxylic acid groups (broad SMARTS) is 1. The number of thioether (sulfide) groups is 1. The number of aromatic nitrogens is 1. The molecule has 184 valence electrons. The fourth-order valence-corrected chi connectivity index (χ4v) is 6.89. The highest BCUT2D eigenvalue weighted by molar-refractivity contribution is 8.03. The molecule has 0 saturated heterocycles. The number of carboxylic acids is 1. The van der Waals surface area contributed by atoms with Gasteiger partial charge in [0.1, 0.15) is 10.5 Å². The topological polar surface area (TPSA) is 91.8 Å². The van der Waals surface area contributed by atoms with Crippen molar-refractivity contribution < 1.29 is 19.4 Å². The van der Waals surface area contributed by atoms with Crippen LogP contribution < -0.4 is 10.1 Å². The van der Waals surface area contributed by atoms with Gasteiger partial charge in [-0.15, -0.1) is 0 Å². The molecule has 4 rings (SSSR count). The van der Waals surface area contributed by atoms with Crippen molar-refractivity contribution in [3.8, 4) is 5.75 Å². The molecule has 0 atom stereocenters. The van der Waals surface area contributed by atoms with E-state index < -0.39 is 10.7 Å². The molecule has 1 aliphatic heterocycles. The van der Waals surface area contributed by atoms with Crippen molar-refractivity contribution in [1.82, 2.24) is 9.88 Å². The van der Waals surface area contributed by atoms with Crippen molar-refractivity contribution in [2.45, 2.75) is 80.2 Å². The summed E-state index contributed by atoms with van der Waals surface area (Å²) in [6, 6.07) is 6.24. The molecular formula is C25H33N3O4S2. The highest BCUT2D eigenvalue weighted by Gasteiger charge is 2.37. The molecule has 2 N–H and O–H groups in total. The number of carbonyl (C=O) groups is 2. The normalized spacial score (nSPS) is 17.0. The van der Waals surface area contributed by atoms with Crippen LogP contribution >= 0.6 is 23.1 Å². The number of amides is 2. The zero-order valence-corrected chi connectivity index (χ0v) is 21.7. The van der Waals surface area contributed by atoms with E-state index in [1.54, 1.807) is 20.0 Å². The quantitative estimate of drug-likeness (QED) is 0.440. The number of aliphatic carboxylic acids is 1. The third-order valence-corrected chi connectivity index (χ3v) is 8.98. The van der Waals surface area contributed by atoms with Crippen LogP contribution in [-0.4, -0.2) is 50.4 Å². The van der Waals surface area contributed by atoms with E-state index in [-0.39, 0.29) is 11.6 Å². The van der Waals surface area contributed by atoms with Crippen molar-refractivity contribution in [3.05, 3.63) is 35.5 Å². The number of thiazole rings is 1. The number of nitrogens with one attached hydrogen (secondary N) is 1. The van der Waals surface area contributed by atoms with Crippen molar-refractivity contribution in [2.75, 3.05) is 18.5 Å². The number of hydrogen-bond acceptors (Lipinski definition) is 6. The standard InChI is InChI=1S/C25H33N3O4S2/c1-24(2,21(29)30)34-20-16-26-22(33-20)27-23(31)28(25(3)11-5-4-6-12-25)13-9-17-7-8-18-10-14-32-19(18)15-17/h7-8,15-16H,4-6,9-14H2,1-3H3,(H,29,30)(H,26,27,31). The van der Waals surface area contributed by atoms with E-state index in [2.05, 4.69) is 35.4 Å². The highest BCUT2D eigenvalue weighted by Crippen LogP contribution is 2.38. The molecule has 34 heavy (non-hydrogen) atoms.